The molecular weight excluding hydrogens is 360 g/mol. The first-order valence-electron chi connectivity index (χ1n) is 7.93. The van der Waals surface area contributed by atoms with E-state index in [9.17, 15) is 8.42 Å². The van der Waals surface area contributed by atoms with Crippen LogP contribution in [0.1, 0.15) is 11.3 Å². The molecule has 2 heterocycles. The van der Waals surface area contributed by atoms with Gasteiger partial charge in [0.2, 0.25) is 10.0 Å². The number of aromatic nitrogens is 1. The zero-order chi connectivity index (χ0) is 17.6. The fourth-order valence-corrected chi connectivity index (χ4v) is 5.19. The van der Waals surface area contributed by atoms with Crippen LogP contribution in [0.5, 0.6) is 5.75 Å². The van der Waals surface area contributed by atoms with Crippen molar-refractivity contribution in [3.63, 3.8) is 0 Å². The Morgan fingerprint density at radius 1 is 1.20 bits per heavy atom. The van der Waals surface area contributed by atoms with Crippen molar-refractivity contribution in [3.8, 4) is 5.75 Å². The molecule has 0 saturated heterocycles. The van der Waals surface area contributed by atoms with Crippen molar-refractivity contribution in [1.82, 2.24) is 9.29 Å². The van der Waals surface area contributed by atoms with E-state index < -0.39 is 10.0 Å². The number of halogens is 1. The maximum Gasteiger partial charge on any atom is 0.247 e. The van der Waals surface area contributed by atoms with Gasteiger partial charge >= 0.3 is 0 Å². The number of ether oxygens (including phenoxy) is 1. The first-order chi connectivity index (χ1) is 12.0. The van der Waals surface area contributed by atoms with Gasteiger partial charge in [-0.2, -0.15) is 4.31 Å². The molecular formula is C18H17ClN2O3S. The van der Waals surface area contributed by atoms with E-state index in [0.29, 0.717) is 30.3 Å². The van der Waals surface area contributed by atoms with Crippen molar-refractivity contribution in [2.24, 2.45) is 0 Å². The monoisotopic (exact) mass is 376 g/mol. The molecule has 1 aliphatic heterocycles. The third kappa shape index (κ3) is 2.70. The van der Waals surface area contributed by atoms with Gasteiger partial charge in [-0.25, -0.2) is 8.42 Å². The van der Waals surface area contributed by atoms with Gasteiger partial charge in [0.15, 0.2) is 0 Å². The number of hydrogen-bond acceptors (Lipinski definition) is 3. The number of nitrogens with zero attached hydrogens (tertiary/aromatic N) is 1. The Hall–Kier alpha value is -2.02. The van der Waals surface area contributed by atoms with E-state index in [1.54, 1.807) is 12.1 Å². The highest BCUT2D eigenvalue weighted by Crippen LogP contribution is 2.34. The lowest BCUT2D eigenvalue weighted by Crippen LogP contribution is -2.36. The van der Waals surface area contributed by atoms with Crippen LogP contribution >= 0.6 is 11.6 Å². The van der Waals surface area contributed by atoms with E-state index in [4.69, 9.17) is 16.3 Å². The Bertz CT molecular complexity index is 1060. The molecule has 7 heteroatoms. The predicted molar refractivity (Wildman–Crippen MR) is 97.6 cm³/mol. The Morgan fingerprint density at radius 2 is 2.00 bits per heavy atom. The van der Waals surface area contributed by atoms with Crippen LogP contribution in [0.4, 0.5) is 0 Å². The second kappa shape index (κ2) is 6.05. The number of methoxy groups -OCH3 is 1. The van der Waals surface area contributed by atoms with E-state index in [1.165, 1.54) is 23.0 Å². The molecule has 0 unspecified atom stereocenters. The molecule has 130 valence electrons. The SMILES string of the molecule is COc1ccc(Cl)cc1S(=O)(=O)N1CCc2c([nH]c3ccccc23)C1. The molecule has 1 aliphatic rings. The minimum Gasteiger partial charge on any atom is -0.495 e. The van der Waals surface area contributed by atoms with Crippen molar-refractivity contribution in [3.05, 3.63) is 58.7 Å². The normalized spacial score (nSPS) is 15.3. The predicted octanol–water partition coefficient (Wildman–Crippen LogP) is 3.58. The first-order valence-corrected chi connectivity index (χ1v) is 9.74. The van der Waals surface area contributed by atoms with Crippen molar-refractivity contribution < 1.29 is 13.2 Å². The third-order valence-corrected chi connectivity index (χ3v) is 6.69. The summed E-state index contributed by atoms with van der Waals surface area (Å²) in [5, 5.41) is 1.53. The Kier molecular flexibility index (Phi) is 3.98. The molecule has 3 aromatic rings. The largest absolute Gasteiger partial charge is 0.495 e. The first kappa shape index (κ1) is 16.4. The van der Waals surface area contributed by atoms with E-state index in [0.717, 1.165) is 16.6 Å². The summed E-state index contributed by atoms with van der Waals surface area (Å²) in [6.07, 6.45) is 0.668. The molecule has 0 bridgehead atoms. The lowest BCUT2D eigenvalue weighted by Gasteiger charge is -2.27. The highest BCUT2D eigenvalue weighted by molar-refractivity contribution is 7.89. The highest BCUT2D eigenvalue weighted by Gasteiger charge is 2.32. The second-order valence-corrected chi connectivity index (χ2v) is 8.35. The number of benzene rings is 2. The summed E-state index contributed by atoms with van der Waals surface area (Å²) >= 11 is 6.01. The summed E-state index contributed by atoms with van der Waals surface area (Å²) in [7, 11) is -2.25. The number of para-hydroxylation sites is 1. The van der Waals surface area contributed by atoms with Crippen LogP contribution in [0.25, 0.3) is 10.9 Å². The van der Waals surface area contributed by atoms with Gasteiger partial charge in [-0.3, -0.25) is 0 Å². The topological polar surface area (TPSA) is 62.4 Å². The van der Waals surface area contributed by atoms with Crippen LogP contribution < -0.4 is 4.74 Å². The molecule has 0 atom stereocenters. The third-order valence-electron chi connectivity index (χ3n) is 4.59. The molecule has 0 radical (unpaired) electrons. The van der Waals surface area contributed by atoms with Gasteiger partial charge in [0.1, 0.15) is 10.6 Å². The summed E-state index contributed by atoms with van der Waals surface area (Å²) in [6.45, 7) is 0.731. The molecule has 2 aromatic carbocycles. The number of hydrogen-bond donors (Lipinski definition) is 1. The summed E-state index contributed by atoms with van der Waals surface area (Å²) in [4.78, 5) is 3.45. The van der Waals surface area contributed by atoms with Crippen LogP contribution in [0, 0.1) is 0 Å². The average Bonchev–Trinajstić information content (AvgIpc) is 2.99. The molecule has 0 spiro atoms. The lowest BCUT2D eigenvalue weighted by atomic mass is 10.1. The van der Waals surface area contributed by atoms with Crippen LogP contribution in [0.2, 0.25) is 5.02 Å². The van der Waals surface area contributed by atoms with Crippen molar-refractivity contribution >= 4 is 32.5 Å². The summed E-state index contributed by atoms with van der Waals surface area (Å²) in [5.74, 6) is 0.298. The van der Waals surface area contributed by atoms with E-state index in [2.05, 4.69) is 11.1 Å². The average molecular weight is 377 g/mol. The Morgan fingerprint density at radius 3 is 2.80 bits per heavy atom. The number of aromatic amines is 1. The van der Waals surface area contributed by atoms with Gasteiger partial charge in [-0.15, -0.1) is 0 Å². The van der Waals surface area contributed by atoms with Crippen LogP contribution in [0.3, 0.4) is 0 Å². The number of H-pyrrole nitrogens is 1. The molecule has 4 rings (SSSR count). The Balaban J connectivity index is 1.75. The van der Waals surface area contributed by atoms with Gasteiger partial charge in [0.25, 0.3) is 0 Å². The number of nitrogens with one attached hydrogen (secondary N) is 1. The zero-order valence-electron chi connectivity index (χ0n) is 13.6. The number of sulfonamides is 1. The molecule has 25 heavy (non-hydrogen) atoms. The van der Waals surface area contributed by atoms with Crippen LogP contribution in [-0.4, -0.2) is 31.4 Å². The van der Waals surface area contributed by atoms with Gasteiger partial charge in [0, 0.05) is 28.2 Å². The minimum absolute atomic E-state index is 0.0991. The quantitative estimate of drug-likeness (QED) is 0.760. The maximum absolute atomic E-state index is 13.1. The minimum atomic E-state index is -3.70. The molecule has 0 saturated carbocycles. The molecule has 0 fully saturated rings. The van der Waals surface area contributed by atoms with Gasteiger partial charge in [-0.05, 0) is 36.2 Å². The standard InChI is InChI=1S/C18H17ClN2O3S/c1-24-17-7-6-12(19)10-18(17)25(22,23)21-9-8-14-13-4-2-3-5-15(13)20-16(14)11-21/h2-7,10,20H,8-9,11H2,1H3. The van der Waals surface area contributed by atoms with Crippen molar-refractivity contribution in [2.75, 3.05) is 13.7 Å². The van der Waals surface area contributed by atoms with Gasteiger partial charge in [0.05, 0.1) is 13.7 Å². The highest BCUT2D eigenvalue weighted by atomic mass is 35.5. The molecule has 1 aromatic heterocycles. The van der Waals surface area contributed by atoms with Crippen molar-refractivity contribution in [1.29, 1.82) is 0 Å². The van der Waals surface area contributed by atoms with E-state index in [-0.39, 0.29) is 4.90 Å². The van der Waals surface area contributed by atoms with Crippen LogP contribution in [-0.2, 0) is 23.0 Å². The van der Waals surface area contributed by atoms with Gasteiger partial charge in [-0.1, -0.05) is 29.8 Å². The number of rotatable bonds is 3. The summed E-state index contributed by atoms with van der Waals surface area (Å²) in [5.41, 5.74) is 3.17. The zero-order valence-corrected chi connectivity index (χ0v) is 15.2. The molecule has 0 amide bonds. The van der Waals surface area contributed by atoms with Gasteiger partial charge < -0.3 is 9.72 Å². The Labute approximate surface area is 151 Å². The molecule has 0 aliphatic carbocycles. The summed E-state index contributed by atoms with van der Waals surface area (Å²) in [6, 6.07) is 12.7. The smallest absolute Gasteiger partial charge is 0.247 e. The van der Waals surface area contributed by atoms with Crippen LogP contribution in [0.15, 0.2) is 47.4 Å². The summed E-state index contributed by atoms with van der Waals surface area (Å²) < 4.78 is 32.9. The fraction of sp³-hybridized carbons (Fsp3) is 0.222. The molecule has 1 N–H and O–H groups in total. The lowest BCUT2D eigenvalue weighted by molar-refractivity contribution is 0.376. The van der Waals surface area contributed by atoms with E-state index in [1.807, 2.05) is 18.2 Å². The van der Waals surface area contributed by atoms with Crippen molar-refractivity contribution in [2.45, 2.75) is 17.9 Å². The van der Waals surface area contributed by atoms with E-state index >= 15 is 0 Å². The molecule has 5 nitrogen and oxygen atoms in total. The maximum atomic E-state index is 13.1. The second-order valence-electron chi connectivity index (χ2n) is 6.01. The fourth-order valence-electron chi connectivity index (χ4n) is 3.36. The number of fused-ring (bicyclic) bond motifs is 3.